The summed E-state index contributed by atoms with van der Waals surface area (Å²) < 4.78 is 0. The zero-order valence-electron chi connectivity index (χ0n) is 10.5. The fourth-order valence-corrected chi connectivity index (χ4v) is 1.62. The van der Waals surface area contributed by atoms with Crippen LogP contribution in [0.5, 0.6) is 0 Å². The first-order valence-corrected chi connectivity index (χ1v) is 6.25. The van der Waals surface area contributed by atoms with Crippen LogP contribution in [0.3, 0.4) is 0 Å². The molecule has 1 aliphatic carbocycles. The Morgan fingerprint density at radius 1 is 1.17 bits per heavy atom. The number of hydrogen-bond donors (Lipinski definition) is 2. The van der Waals surface area contributed by atoms with Crippen molar-refractivity contribution in [1.29, 1.82) is 0 Å². The summed E-state index contributed by atoms with van der Waals surface area (Å²) in [6, 6.07) is 8.25. The predicted octanol–water partition coefficient (Wildman–Crippen LogP) is 1.28. The Hall–Kier alpha value is -1.84. The van der Waals surface area contributed by atoms with Gasteiger partial charge in [0.15, 0.2) is 0 Å². The highest BCUT2D eigenvalue weighted by atomic mass is 16.2. The van der Waals surface area contributed by atoms with Crippen LogP contribution in [0.15, 0.2) is 24.3 Å². The second-order valence-corrected chi connectivity index (χ2v) is 4.78. The van der Waals surface area contributed by atoms with E-state index in [1.807, 2.05) is 31.2 Å². The highest BCUT2D eigenvalue weighted by Crippen LogP contribution is 2.18. The quantitative estimate of drug-likeness (QED) is 0.769. The second kappa shape index (κ2) is 5.67. The number of aryl methyl sites for hydroxylation is 1. The van der Waals surface area contributed by atoms with Crippen LogP contribution in [-0.2, 0) is 16.1 Å². The first kappa shape index (κ1) is 12.6. The molecule has 0 heterocycles. The minimum absolute atomic E-state index is 0.0810. The van der Waals surface area contributed by atoms with Crippen LogP contribution in [0, 0.1) is 6.92 Å². The van der Waals surface area contributed by atoms with Crippen LogP contribution < -0.4 is 10.6 Å². The monoisotopic (exact) mass is 246 g/mol. The fourth-order valence-electron chi connectivity index (χ4n) is 1.62. The third-order valence-electron chi connectivity index (χ3n) is 2.87. The SMILES string of the molecule is Cc1ccc(CNC(=O)CC(=O)NC2CC2)cc1. The number of rotatable bonds is 5. The molecule has 2 N–H and O–H groups in total. The van der Waals surface area contributed by atoms with E-state index in [1.165, 1.54) is 5.56 Å². The van der Waals surface area contributed by atoms with Crippen molar-refractivity contribution < 1.29 is 9.59 Å². The number of carbonyl (C=O) groups is 2. The van der Waals surface area contributed by atoms with E-state index < -0.39 is 0 Å². The first-order valence-electron chi connectivity index (χ1n) is 6.25. The van der Waals surface area contributed by atoms with E-state index in [0.717, 1.165) is 18.4 Å². The molecule has 2 rings (SSSR count). The van der Waals surface area contributed by atoms with E-state index in [0.29, 0.717) is 12.6 Å². The lowest BCUT2D eigenvalue weighted by atomic mass is 10.1. The third-order valence-corrected chi connectivity index (χ3v) is 2.87. The van der Waals surface area contributed by atoms with Crippen molar-refractivity contribution in [2.45, 2.75) is 38.8 Å². The molecule has 1 saturated carbocycles. The topological polar surface area (TPSA) is 58.2 Å². The zero-order chi connectivity index (χ0) is 13.0. The summed E-state index contributed by atoms with van der Waals surface area (Å²) in [4.78, 5) is 22.9. The summed E-state index contributed by atoms with van der Waals surface area (Å²) in [7, 11) is 0. The molecule has 0 bridgehead atoms. The molecule has 0 saturated heterocycles. The molecule has 96 valence electrons. The average molecular weight is 246 g/mol. The summed E-state index contributed by atoms with van der Waals surface area (Å²) in [5.41, 5.74) is 2.23. The lowest BCUT2D eigenvalue weighted by Gasteiger charge is -2.06. The van der Waals surface area contributed by atoms with Crippen LogP contribution >= 0.6 is 0 Å². The van der Waals surface area contributed by atoms with Gasteiger partial charge in [-0.2, -0.15) is 0 Å². The van der Waals surface area contributed by atoms with Gasteiger partial charge in [0, 0.05) is 12.6 Å². The molecule has 1 aromatic carbocycles. The molecule has 18 heavy (non-hydrogen) atoms. The molecule has 0 spiro atoms. The molecule has 0 atom stereocenters. The average Bonchev–Trinajstić information content (AvgIpc) is 3.12. The molecular formula is C14H18N2O2. The molecule has 1 aliphatic rings. The lowest BCUT2D eigenvalue weighted by molar-refractivity contribution is -0.129. The van der Waals surface area contributed by atoms with Gasteiger partial charge in [-0.1, -0.05) is 29.8 Å². The van der Waals surface area contributed by atoms with Gasteiger partial charge >= 0.3 is 0 Å². The Kier molecular flexibility index (Phi) is 3.97. The highest BCUT2D eigenvalue weighted by molar-refractivity contribution is 5.97. The van der Waals surface area contributed by atoms with Gasteiger partial charge in [0.1, 0.15) is 6.42 Å². The predicted molar refractivity (Wildman–Crippen MR) is 68.8 cm³/mol. The van der Waals surface area contributed by atoms with E-state index in [1.54, 1.807) is 0 Å². The maximum absolute atomic E-state index is 11.5. The van der Waals surface area contributed by atoms with Gasteiger partial charge in [0.25, 0.3) is 0 Å². The Morgan fingerprint density at radius 3 is 2.44 bits per heavy atom. The van der Waals surface area contributed by atoms with Gasteiger partial charge in [-0.05, 0) is 25.3 Å². The van der Waals surface area contributed by atoms with Crippen molar-refractivity contribution in [3.05, 3.63) is 35.4 Å². The molecule has 4 heteroatoms. The summed E-state index contributed by atoms with van der Waals surface area (Å²) in [6.07, 6.45) is 2.00. The minimum atomic E-state index is -0.228. The molecule has 0 aliphatic heterocycles. The summed E-state index contributed by atoms with van der Waals surface area (Å²) in [6.45, 7) is 2.49. The molecule has 0 radical (unpaired) electrons. The van der Waals surface area contributed by atoms with Crippen molar-refractivity contribution in [3.8, 4) is 0 Å². The van der Waals surface area contributed by atoms with Crippen LogP contribution in [0.4, 0.5) is 0 Å². The van der Waals surface area contributed by atoms with Gasteiger partial charge in [-0.15, -0.1) is 0 Å². The molecule has 0 aromatic heterocycles. The van der Waals surface area contributed by atoms with Crippen LogP contribution in [0.1, 0.15) is 30.4 Å². The molecular weight excluding hydrogens is 228 g/mol. The number of hydrogen-bond acceptors (Lipinski definition) is 2. The number of nitrogens with one attached hydrogen (secondary N) is 2. The number of benzene rings is 1. The van der Waals surface area contributed by atoms with Crippen molar-refractivity contribution in [2.24, 2.45) is 0 Å². The van der Waals surface area contributed by atoms with E-state index in [-0.39, 0.29) is 18.2 Å². The molecule has 0 unspecified atom stereocenters. The van der Waals surface area contributed by atoms with Gasteiger partial charge in [-0.25, -0.2) is 0 Å². The maximum atomic E-state index is 11.5. The Morgan fingerprint density at radius 2 is 1.83 bits per heavy atom. The largest absolute Gasteiger partial charge is 0.353 e. The van der Waals surface area contributed by atoms with E-state index in [2.05, 4.69) is 10.6 Å². The normalized spacial score (nSPS) is 14.1. The van der Waals surface area contributed by atoms with Crippen molar-refractivity contribution in [3.63, 3.8) is 0 Å². The number of carbonyl (C=O) groups excluding carboxylic acids is 2. The molecule has 4 nitrogen and oxygen atoms in total. The highest BCUT2D eigenvalue weighted by Gasteiger charge is 2.23. The first-order chi connectivity index (χ1) is 8.63. The zero-order valence-corrected chi connectivity index (χ0v) is 10.5. The summed E-state index contributed by atoms with van der Waals surface area (Å²) >= 11 is 0. The summed E-state index contributed by atoms with van der Waals surface area (Å²) in [5.74, 6) is -0.410. The molecule has 1 aromatic rings. The molecule has 1 fully saturated rings. The van der Waals surface area contributed by atoms with Crippen molar-refractivity contribution in [1.82, 2.24) is 10.6 Å². The van der Waals surface area contributed by atoms with Gasteiger partial charge in [0.2, 0.25) is 11.8 Å². The van der Waals surface area contributed by atoms with Gasteiger partial charge in [0.05, 0.1) is 0 Å². The van der Waals surface area contributed by atoms with Crippen LogP contribution in [-0.4, -0.2) is 17.9 Å². The fraction of sp³-hybridized carbons (Fsp3) is 0.429. The van der Waals surface area contributed by atoms with E-state index in [9.17, 15) is 9.59 Å². The standard InChI is InChI=1S/C14H18N2O2/c1-10-2-4-11(5-3-10)9-15-13(17)8-14(18)16-12-6-7-12/h2-5,12H,6-9H2,1H3,(H,15,17)(H,16,18). The Balaban J connectivity index is 1.70. The van der Waals surface area contributed by atoms with E-state index in [4.69, 9.17) is 0 Å². The smallest absolute Gasteiger partial charge is 0.229 e. The lowest BCUT2D eigenvalue weighted by Crippen LogP contribution is -2.32. The van der Waals surface area contributed by atoms with Gasteiger partial charge < -0.3 is 10.6 Å². The third kappa shape index (κ3) is 4.20. The van der Waals surface area contributed by atoms with Crippen LogP contribution in [0.2, 0.25) is 0 Å². The van der Waals surface area contributed by atoms with Crippen molar-refractivity contribution in [2.75, 3.05) is 0 Å². The minimum Gasteiger partial charge on any atom is -0.353 e. The number of amides is 2. The maximum Gasteiger partial charge on any atom is 0.229 e. The molecule has 2 amide bonds. The van der Waals surface area contributed by atoms with Gasteiger partial charge in [-0.3, -0.25) is 9.59 Å². The summed E-state index contributed by atoms with van der Waals surface area (Å²) in [5, 5.41) is 5.53. The van der Waals surface area contributed by atoms with Crippen LogP contribution in [0.25, 0.3) is 0 Å². The van der Waals surface area contributed by atoms with E-state index >= 15 is 0 Å². The second-order valence-electron chi connectivity index (χ2n) is 4.78. The Labute approximate surface area is 107 Å². The Bertz CT molecular complexity index is 436. The van der Waals surface area contributed by atoms with Crippen molar-refractivity contribution >= 4 is 11.8 Å².